The van der Waals surface area contributed by atoms with Gasteiger partial charge in [0.05, 0.1) is 29.4 Å². The lowest BCUT2D eigenvalue weighted by molar-refractivity contribution is -0.139. The number of benzene rings is 2. The van der Waals surface area contributed by atoms with Gasteiger partial charge in [-0.25, -0.2) is 4.79 Å². The van der Waals surface area contributed by atoms with E-state index in [0.29, 0.717) is 19.4 Å². The second-order valence-electron chi connectivity index (χ2n) is 10.7. The fourth-order valence-corrected chi connectivity index (χ4v) is 5.42. The zero-order chi connectivity index (χ0) is 29.7. The van der Waals surface area contributed by atoms with Crippen LogP contribution in [0.15, 0.2) is 78.5 Å². The number of amides is 4. The van der Waals surface area contributed by atoms with Gasteiger partial charge in [0.15, 0.2) is 0 Å². The van der Waals surface area contributed by atoms with Crippen molar-refractivity contribution in [2.45, 2.75) is 51.4 Å². The number of carbonyl (C=O) groups is 3. The number of nitrogens with one attached hydrogen (secondary N) is 2. The second-order valence-corrected chi connectivity index (χ2v) is 10.7. The van der Waals surface area contributed by atoms with Crippen molar-refractivity contribution in [3.8, 4) is 0 Å². The molecule has 0 saturated heterocycles. The van der Waals surface area contributed by atoms with Crippen molar-refractivity contribution < 1.29 is 27.6 Å². The van der Waals surface area contributed by atoms with Crippen LogP contribution in [0.1, 0.15) is 49.4 Å². The van der Waals surface area contributed by atoms with E-state index in [0.717, 1.165) is 18.1 Å². The lowest BCUT2D eigenvalue weighted by Gasteiger charge is -2.33. The molecule has 0 fully saturated rings. The summed E-state index contributed by atoms with van der Waals surface area (Å²) in [7, 11) is 0. The molecule has 2 aromatic carbocycles. The molecule has 2 heterocycles. The van der Waals surface area contributed by atoms with E-state index < -0.39 is 35.8 Å². The topological polar surface area (TPSA) is 81.8 Å². The van der Waals surface area contributed by atoms with Gasteiger partial charge in [-0.15, -0.1) is 6.58 Å². The van der Waals surface area contributed by atoms with Gasteiger partial charge in [-0.2, -0.15) is 13.2 Å². The molecule has 0 aromatic heterocycles. The largest absolute Gasteiger partial charge is 0.416 e. The molecule has 0 aliphatic carbocycles. The Bertz CT molecular complexity index is 1320. The summed E-state index contributed by atoms with van der Waals surface area (Å²) in [6.07, 6.45) is -1.38. The maximum Gasteiger partial charge on any atom is 0.416 e. The Morgan fingerprint density at radius 2 is 1.80 bits per heavy atom. The van der Waals surface area contributed by atoms with E-state index in [1.54, 1.807) is 0 Å². The van der Waals surface area contributed by atoms with E-state index in [9.17, 15) is 27.6 Å². The minimum absolute atomic E-state index is 0.0359. The maximum absolute atomic E-state index is 14.0. The van der Waals surface area contributed by atoms with Crippen LogP contribution in [0.3, 0.4) is 0 Å². The Balaban J connectivity index is 1.62. The molecule has 0 radical (unpaired) electrons. The molecule has 41 heavy (non-hydrogen) atoms. The molecule has 2 aliphatic rings. The molecule has 2 aromatic rings. The number of rotatable bonds is 11. The van der Waals surface area contributed by atoms with E-state index in [1.807, 2.05) is 44.2 Å². The zero-order valence-corrected chi connectivity index (χ0v) is 23.2. The maximum atomic E-state index is 14.0. The highest BCUT2D eigenvalue weighted by Crippen LogP contribution is 2.42. The number of aryl methyl sites for hydroxylation is 1. The average Bonchev–Trinajstić information content (AvgIpc) is 3.27. The van der Waals surface area contributed by atoms with Crippen LogP contribution >= 0.6 is 0 Å². The molecular formula is C31H35F3N4O3. The fraction of sp³-hybridized carbons (Fsp3) is 0.387. The number of nitrogens with zero attached hydrogens (tertiary/aromatic N) is 2. The van der Waals surface area contributed by atoms with Crippen LogP contribution in [-0.2, 0) is 22.2 Å². The highest BCUT2D eigenvalue weighted by molar-refractivity contribution is 6.03. The van der Waals surface area contributed by atoms with E-state index in [2.05, 4.69) is 17.2 Å². The van der Waals surface area contributed by atoms with Gasteiger partial charge in [-0.3, -0.25) is 14.5 Å². The normalized spacial score (nSPS) is 18.0. The minimum Gasteiger partial charge on any atom is -0.354 e. The van der Waals surface area contributed by atoms with Crippen LogP contribution in [0, 0.1) is 5.92 Å². The standard InChI is InChI=1S/C31H35F3N4O3/c1-4-17-37-25-19-38(24(18-20(2)3)28(39)35-16-10-13-21-11-6-5-7-12-21)29(40)26(25)27(36-30(37)41)22-14-8-9-15-23(22)31(32,33)34/h4-9,11-12,14-15,20,24,27H,1,10,13,16-19H2,2-3H3,(H,35,39)(H,36,41)/t24-,27-/m0/s1. The van der Waals surface area contributed by atoms with Gasteiger partial charge < -0.3 is 15.5 Å². The molecule has 10 heteroatoms. The van der Waals surface area contributed by atoms with Crippen molar-refractivity contribution in [3.63, 3.8) is 0 Å². The lowest BCUT2D eigenvalue weighted by Crippen LogP contribution is -2.49. The van der Waals surface area contributed by atoms with E-state index in [-0.39, 0.29) is 41.7 Å². The molecule has 0 spiro atoms. The molecule has 218 valence electrons. The predicted molar refractivity (Wildman–Crippen MR) is 149 cm³/mol. The first kappa shape index (κ1) is 29.9. The van der Waals surface area contributed by atoms with Gasteiger partial charge >= 0.3 is 12.2 Å². The first-order chi connectivity index (χ1) is 19.5. The van der Waals surface area contributed by atoms with Crippen molar-refractivity contribution in [1.82, 2.24) is 20.4 Å². The Morgan fingerprint density at radius 1 is 1.12 bits per heavy atom. The van der Waals surface area contributed by atoms with Gasteiger partial charge in [-0.1, -0.05) is 68.5 Å². The molecule has 2 N–H and O–H groups in total. The van der Waals surface area contributed by atoms with Crippen LogP contribution in [0.2, 0.25) is 0 Å². The smallest absolute Gasteiger partial charge is 0.354 e. The summed E-state index contributed by atoms with van der Waals surface area (Å²) in [5.41, 5.74) is 0.312. The summed E-state index contributed by atoms with van der Waals surface area (Å²) < 4.78 is 41.8. The Kier molecular flexibility index (Phi) is 9.20. The summed E-state index contributed by atoms with van der Waals surface area (Å²) in [4.78, 5) is 43.2. The highest BCUT2D eigenvalue weighted by Gasteiger charge is 2.48. The Morgan fingerprint density at radius 3 is 2.46 bits per heavy atom. The molecule has 0 saturated carbocycles. The molecule has 0 bridgehead atoms. The van der Waals surface area contributed by atoms with Crippen LogP contribution < -0.4 is 10.6 Å². The molecule has 4 rings (SSSR count). The van der Waals surface area contributed by atoms with Crippen LogP contribution in [-0.4, -0.2) is 53.3 Å². The monoisotopic (exact) mass is 568 g/mol. The third-order valence-corrected chi connectivity index (χ3v) is 7.30. The van der Waals surface area contributed by atoms with Crippen LogP contribution in [0.25, 0.3) is 0 Å². The van der Waals surface area contributed by atoms with E-state index >= 15 is 0 Å². The van der Waals surface area contributed by atoms with Gasteiger partial charge in [0.1, 0.15) is 6.04 Å². The van der Waals surface area contributed by atoms with Crippen molar-refractivity contribution in [2.75, 3.05) is 19.6 Å². The van der Waals surface area contributed by atoms with Crippen molar-refractivity contribution in [3.05, 3.63) is 95.2 Å². The summed E-state index contributed by atoms with van der Waals surface area (Å²) in [5, 5.41) is 5.54. The van der Waals surface area contributed by atoms with E-state index in [4.69, 9.17) is 0 Å². The SMILES string of the molecule is C=CCN1C(=O)N[C@@H](c2ccccc2C(F)(F)F)C2=C1CN([C@@H](CC(C)C)C(=O)NCCCc1ccccc1)C2=O. The number of urea groups is 1. The third kappa shape index (κ3) is 6.64. The lowest BCUT2D eigenvalue weighted by atomic mass is 9.91. The summed E-state index contributed by atoms with van der Waals surface area (Å²) in [6, 6.07) is 12.0. The van der Waals surface area contributed by atoms with Crippen molar-refractivity contribution >= 4 is 17.8 Å². The first-order valence-corrected chi connectivity index (χ1v) is 13.7. The number of halogens is 3. The first-order valence-electron chi connectivity index (χ1n) is 13.7. The highest BCUT2D eigenvalue weighted by atomic mass is 19.4. The fourth-order valence-electron chi connectivity index (χ4n) is 5.42. The quantitative estimate of drug-likeness (QED) is 0.288. The van der Waals surface area contributed by atoms with Gasteiger partial charge in [0.2, 0.25) is 5.91 Å². The summed E-state index contributed by atoms with van der Waals surface area (Å²) in [5.74, 6) is -0.853. The average molecular weight is 569 g/mol. The number of alkyl halides is 3. The summed E-state index contributed by atoms with van der Waals surface area (Å²) in [6.45, 7) is 7.92. The summed E-state index contributed by atoms with van der Waals surface area (Å²) >= 11 is 0. The number of hydrogen-bond acceptors (Lipinski definition) is 3. The van der Waals surface area contributed by atoms with Crippen molar-refractivity contribution in [1.29, 1.82) is 0 Å². The number of carbonyl (C=O) groups excluding carboxylic acids is 3. The Hall–Kier alpha value is -4.08. The molecule has 4 amide bonds. The zero-order valence-electron chi connectivity index (χ0n) is 23.2. The molecule has 7 nitrogen and oxygen atoms in total. The van der Waals surface area contributed by atoms with Crippen LogP contribution in [0.5, 0.6) is 0 Å². The second kappa shape index (κ2) is 12.6. The Labute approximate surface area is 238 Å². The van der Waals surface area contributed by atoms with Gasteiger partial charge in [0, 0.05) is 13.1 Å². The molecule has 2 aliphatic heterocycles. The van der Waals surface area contributed by atoms with Crippen LogP contribution in [0.4, 0.5) is 18.0 Å². The number of hydrogen-bond donors (Lipinski definition) is 2. The molecular weight excluding hydrogens is 533 g/mol. The van der Waals surface area contributed by atoms with E-state index in [1.165, 1.54) is 34.1 Å². The minimum atomic E-state index is -4.69. The predicted octanol–water partition coefficient (Wildman–Crippen LogP) is 5.22. The molecule has 2 atom stereocenters. The molecule has 0 unspecified atom stereocenters. The van der Waals surface area contributed by atoms with Gasteiger partial charge in [0.25, 0.3) is 5.91 Å². The third-order valence-electron chi connectivity index (χ3n) is 7.30. The van der Waals surface area contributed by atoms with Gasteiger partial charge in [-0.05, 0) is 42.4 Å². The van der Waals surface area contributed by atoms with Crippen molar-refractivity contribution in [2.24, 2.45) is 5.92 Å².